The van der Waals surface area contributed by atoms with Crippen molar-refractivity contribution in [3.8, 4) is 11.3 Å². The average molecular weight is 469 g/mol. The summed E-state index contributed by atoms with van der Waals surface area (Å²) in [7, 11) is 0. The van der Waals surface area contributed by atoms with E-state index < -0.39 is 11.7 Å². The molecule has 30 heavy (non-hydrogen) atoms. The van der Waals surface area contributed by atoms with Gasteiger partial charge >= 0.3 is 6.18 Å². The molecule has 0 aliphatic rings. The van der Waals surface area contributed by atoms with Gasteiger partial charge in [0, 0.05) is 22.6 Å². The van der Waals surface area contributed by atoms with Crippen LogP contribution in [0.5, 0.6) is 0 Å². The number of hydrogen-bond acceptors (Lipinski definition) is 2. The van der Waals surface area contributed by atoms with Gasteiger partial charge in [0.15, 0.2) is 0 Å². The smallest absolute Gasteiger partial charge is 0.310 e. The van der Waals surface area contributed by atoms with Crippen LogP contribution in [0.2, 0.25) is 0 Å². The summed E-state index contributed by atoms with van der Waals surface area (Å²) in [5.41, 5.74) is 2.81. The minimum atomic E-state index is -4.45. The first-order valence-electron chi connectivity index (χ1n) is 9.17. The highest BCUT2D eigenvalue weighted by molar-refractivity contribution is 9.10. The van der Waals surface area contributed by atoms with Gasteiger partial charge in [0.1, 0.15) is 4.60 Å². The second-order valence-corrected chi connectivity index (χ2v) is 7.43. The van der Waals surface area contributed by atoms with Crippen LogP contribution in [-0.2, 0) is 6.18 Å². The Labute approximate surface area is 180 Å². The van der Waals surface area contributed by atoms with E-state index >= 15 is 0 Å². The highest BCUT2D eigenvalue weighted by atomic mass is 79.9. The van der Waals surface area contributed by atoms with Gasteiger partial charge in [0.2, 0.25) is 0 Å². The molecule has 0 fully saturated rings. The predicted molar refractivity (Wildman–Crippen MR) is 117 cm³/mol. The van der Waals surface area contributed by atoms with Crippen LogP contribution in [0.15, 0.2) is 102 Å². The van der Waals surface area contributed by atoms with Crippen molar-refractivity contribution >= 4 is 33.0 Å². The van der Waals surface area contributed by atoms with Crippen molar-refractivity contribution in [3.63, 3.8) is 0 Å². The number of nitrogens with zero attached hydrogens (tertiary/aromatic N) is 2. The summed E-state index contributed by atoms with van der Waals surface area (Å²) in [5.74, 6) is 0. The van der Waals surface area contributed by atoms with Gasteiger partial charge < -0.3 is 4.90 Å². The number of benzene rings is 3. The molecule has 0 aliphatic carbocycles. The second-order valence-electron chi connectivity index (χ2n) is 6.62. The Morgan fingerprint density at radius 2 is 1.23 bits per heavy atom. The third kappa shape index (κ3) is 4.39. The summed E-state index contributed by atoms with van der Waals surface area (Å²) in [6, 6.07) is 29.0. The first kappa shape index (κ1) is 20.2. The van der Waals surface area contributed by atoms with Gasteiger partial charge in [-0.25, -0.2) is 4.98 Å². The van der Waals surface area contributed by atoms with Gasteiger partial charge in [-0.3, -0.25) is 0 Å². The van der Waals surface area contributed by atoms with E-state index in [1.54, 1.807) is 6.07 Å². The molecule has 0 aliphatic heterocycles. The second kappa shape index (κ2) is 8.32. The highest BCUT2D eigenvalue weighted by Gasteiger charge is 2.31. The maximum Gasteiger partial charge on any atom is 0.416 e. The summed E-state index contributed by atoms with van der Waals surface area (Å²) in [4.78, 5) is 6.31. The van der Waals surface area contributed by atoms with Gasteiger partial charge in [-0.2, -0.15) is 13.2 Å². The number of alkyl halides is 3. The number of halogens is 4. The van der Waals surface area contributed by atoms with Crippen molar-refractivity contribution in [2.24, 2.45) is 0 Å². The lowest BCUT2D eigenvalue weighted by molar-refractivity contribution is -0.137. The molecule has 0 radical (unpaired) electrons. The molecule has 0 atom stereocenters. The van der Waals surface area contributed by atoms with Crippen molar-refractivity contribution in [1.82, 2.24) is 4.98 Å². The largest absolute Gasteiger partial charge is 0.416 e. The molecule has 2 nitrogen and oxygen atoms in total. The minimum absolute atomic E-state index is 0.140. The molecule has 0 bridgehead atoms. The van der Waals surface area contributed by atoms with E-state index in [0.29, 0.717) is 5.56 Å². The minimum Gasteiger partial charge on any atom is -0.310 e. The van der Waals surface area contributed by atoms with Crippen LogP contribution in [0, 0.1) is 0 Å². The van der Waals surface area contributed by atoms with Crippen LogP contribution in [0.4, 0.5) is 30.2 Å². The topological polar surface area (TPSA) is 16.1 Å². The summed E-state index contributed by atoms with van der Waals surface area (Å²) >= 11 is 3.10. The molecule has 0 amide bonds. The van der Waals surface area contributed by atoms with Crippen LogP contribution in [0.3, 0.4) is 0 Å². The van der Waals surface area contributed by atoms with Gasteiger partial charge in [-0.15, -0.1) is 0 Å². The van der Waals surface area contributed by atoms with E-state index in [0.717, 1.165) is 29.2 Å². The van der Waals surface area contributed by atoms with Gasteiger partial charge in [0.05, 0.1) is 11.3 Å². The van der Waals surface area contributed by atoms with Gasteiger partial charge in [-0.05, 0) is 64.5 Å². The fourth-order valence-electron chi connectivity index (χ4n) is 3.21. The average Bonchev–Trinajstić information content (AvgIpc) is 2.75. The molecule has 1 heterocycles. The van der Waals surface area contributed by atoms with E-state index in [4.69, 9.17) is 0 Å². The molecule has 0 saturated carbocycles. The lowest BCUT2D eigenvalue weighted by Crippen LogP contribution is -2.10. The molecule has 0 unspecified atom stereocenters. The number of hydrogen-bond donors (Lipinski definition) is 0. The number of aromatic nitrogens is 1. The van der Waals surface area contributed by atoms with E-state index in [9.17, 15) is 13.2 Å². The van der Waals surface area contributed by atoms with E-state index in [1.165, 1.54) is 0 Å². The maximum absolute atomic E-state index is 13.3. The Morgan fingerprint density at radius 3 is 1.80 bits per heavy atom. The number of rotatable bonds is 4. The Balaban J connectivity index is 1.83. The Kier molecular flexibility index (Phi) is 5.59. The molecule has 1 aromatic heterocycles. The zero-order chi connectivity index (χ0) is 21.1. The Bertz CT molecular complexity index is 1110. The predicted octanol–water partition coefficient (Wildman–Crippen LogP) is 8.00. The number of pyridine rings is 1. The van der Waals surface area contributed by atoms with Crippen LogP contribution < -0.4 is 4.90 Å². The Hall–Kier alpha value is -3.12. The third-order valence-corrected chi connectivity index (χ3v) is 4.96. The zero-order valence-electron chi connectivity index (χ0n) is 15.6. The van der Waals surface area contributed by atoms with Gasteiger partial charge in [0.25, 0.3) is 0 Å². The Morgan fingerprint density at radius 1 is 0.667 bits per heavy atom. The maximum atomic E-state index is 13.3. The molecule has 0 saturated heterocycles. The van der Waals surface area contributed by atoms with Crippen LogP contribution >= 0.6 is 15.9 Å². The van der Waals surface area contributed by atoms with Gasteiger partial charge in [-0.1, -0.05) is 48.5 Å². The molecule has 0 N–H and O–H groups in total. The molecule has 150 valence electrons. The molecular formula is C24H16BrF3N2. The van der Waals surface area contributed by atoms with Crippen molar-refractivity contribution < 1.29 is 13.2 Å². The molecule has 3 aromatic carbocycles. The lowest BCUT2D eigenvalue weighted by Gasteiger charge is -2.25. The summed E-state index contributed by atoms with van der Waals surface area (Å²) in [5, 5.41) is 0. The zero-order valence-corrected chi connectivity index (χ0v) is 17.2. The first-order chi connectivity index (χ1) is 14.4. The SMILES string of the molecule is FC(F)(F)c1cc(Br)nc(-c2cccc(N(c3ccccc3)c3ccccc3)c2)c1. The summed E-state index contributed by atoms with van der Waals surface area (Å²) < 4.78 is 39.9. The number of para-hydroxylation sites is 2. The van der Waals surface area contributed by atoms with Crippen LogP contribution in [0.1, 0.15) is 5.56 Å². The van der Waals surface area contributed by atoms with E-state index in [2.05, 4.69) is 20.9 Å². The fraction of sp³-hybridized carbons (Fsp3) is 0.0417. The monoisotopic (exact) mass is 468 g/mol. The quantitative estimate of drug-likeness (QED) is 0.282. The lowest BCUT2D eigenvalue weighted by atomic mass is 10.1. The van der Waals surface area contributed by atoms with Crippen molar-refractivity contribution in [1.29, 1.82) is 0 Å². The molecule has 4 aromatic rings. The normalized spacial score (nSPS) is 11.3. The highest BCUT2D eigenvalue weighted by Crippen LogP contribution is 2.37. The fourth-order valence-corrected chi connectivity index (χ4v) is 3.65. The first-order valence-corrected chi connectivity index (χ1v) is 9.96. The van der Waals surface area contributed by atoms with E-state index in [-0.39, 0.29) is 10.3 Å². The molecule has 6 heteroatoms. The molecule has 4 rings (SSSR count). The third-order valence-electron chi connectivity index (χ3n) is 4.55. The summed E-state index contributed by atoms with van der Waals surface area (Å²) in [6.45, 7) is 0. The number of anilines is 3. The van der Waals surface area contributed by atoms with Crippen LogP contribution in [-0.4, -0.2) is 4.98 Å². The van der Waals surface area contributed by atoms with Crippen LogP contribution in [0.25, 0.3) is 11.3 Å². The standard InChI is InChI=1S/C24H16BrF3N2/c25-23-16-18(24(26,27)28)15-22(29-23)17-8-7-13-21(14-17)30(19-9-3-1-4-10-19)20-11-5-2-6-12-20/h1-16H. The van der Waals surface area contributed by atoms with Crippen molar-refractivity contribution in [3.05, 3.63) is 107 Å². The summed E-state index contributed by atoms with van der Waals surface area (Å²) in [6.07, 6.45) is -4.45. The van der Waals surface area contributed by atoms with Crippen molar-refractivity contribution in [2.75, 3.05) is 4.90 Å². The molecule has 0 spiro atoms. The van der Waals surface area contributed by atoms with E-state index in [1.807, 2.05) is 83.8 Å². The van der Waals surface area contributed by atoms with Crippen molar-refractivity contribution in [2.45, 2.75) is 6.18 Å². The molecular weight excluding hydrogens is 453 g/mol.